The van der Waals surface area contributed by atoms with E-state index in [0.29, 0.717) is 18.2 Å². The van der Waals surface area contributed by atoms with Crippen LogP contribution in [-0.4, -0.2) is 39.9 Å². The molecule has 1 atom stereocenters. The topological polar surface area (TPSA) is 42.0 Å². The molecule has 0 aromatic carbocycles. The lowest BCUT2D eigenvalue weighted by molar-refractivity contribution is -0.120. The van der Waals surface area contributed by atoms with Gasteiger partial charge in [-0.3, -0.25) is 4.79 Å². The second-order valence-corrected chi connectivity index (χ2v) is 7.85. The Bertz CT molecular complexity index is 388. The molecule has 1 fully saturated rings. The number of rotatable bonds is 5. The number of carbonyl (C=O) groups excluding carboxylic acids is 1. The molecule has 0 radical (unpaired) electrons. The van der Waals surface area contributed by atoms with Gasteiger partial charge in [-0.25, -0.2) is 4.98 Å². The summed E-state index contributed by atoms with van der Waals surface area (Å²) < 4.78 is 0. The molecule has 1 amide bonds. The minimum atomic E-state index is 0.182. The fourth-order valence-electron chi connectivity index (χ4n) is 1.79. The molecule has 2 heterocycles. The predicted molar refractivity (Wildman–Crippen MR) is 81.8 cm³/mol. The third-order valence-corrected chi connectivity index (χ3v) is 6.34. The zero-order valence-corrected chi connectivity index (χ0v) is 12.9. The fourth-order valence-corrected chi connectivity index (χ4v) is 5.11. The van der Waals surface area contributed by atoms with Crippen LogP contribution in [0.1, 0.15) is 17.1 Å². The first-order valence-corrected chi connectivity index (χ1v) is 9.19. The first-order valence-electron chi connectivity index (χ1n) is 6.11. The van der Waals surface area contributed by atoms with E-state index >= 15 is 0 Å². The zero-order chi connectivity index (χ0) is 12.8. The van der Waals surface area contributed by atoms with Gasteiger partial charge in [-0.2, -0.15) is 23.5 Å². The molecule has 1 aromatic heterocycles. The van der Waals surface area contributed by atoms with Gasteiger partial charge in [0.05, 0.1) is 10.7 Å². The van der Waals surface area contributed by atoms with Crippen LogP contribution in [0.4, 0.5) is 0 Å². The van der Waals surface area contributed by atoms with E-state index in [1.807, 2.05) is 30.4 Å². The highest BCUT2D eigenvalue weighted by molar-refractivity contribution is 8.06. The maximum atomic E-state index is 11.8. The average Bonchev–Trinajstić information content (AvgIpc) is 2.76. The number of hydrogen-bond donors (Lipinski definition) is 1. The zero-order valence-electron chi connectivity index (χ0n) is 10.5. The molecule has 2 rings (SSSR count). The van der Waals surface area contributed by atoms with Crippen molar-refractivity contribution in [3.63, 3.8) is 0 Å². The molecule has 0 unspecified atom stereocenters. The summed E-state index contributed by atoms with van der Waals surface area (Å²) in [5.41, 5.74) is 1.08. The van der Waals surface area contributed by atoms with E-state index in [2.05, 4.69) is 15.7 Å². The second-order valence-electron chi connectivity index (χ2n) is 4.23. The van der Waals surface area contributed by atoms with Gasteiger partial charge in [-0.1, -0.05) is 0 Å². The average molecular weight is 302 g/mol. The third kappa shape index (κ3) is 4.82. The fraction of sp³-hybridized carbons (Fsp3) is 0.667. The molecule has 3 nitrogen and oxygen atoms in total. The molecule has 100 valence electrons. The van der Waals surface area contributed by atoms with Gasteiger partial charge in [0, 0.05) is 47.3 Å². The van der Waals surface area contributed by atoms with E-state index in [-0.39, 0.29) is 5.91 Å². The van der Waals surface area contributed by atoms with Crippen molar-refractivity contribution in [3.05, 3.63) is 16.1 Å². The van der Waals surface area contributed by atoms with E-state index in [0.717, 1.165) is 22.9 Å². The third-order valence-electron chi connectivity index (χ3n) is 2.67. The van der Waals surface area contributed by atoms with Gasteiger partial charge in [0.25, 0.3) is 0 Å². The van der Waals surface area contributed by atoms with Crippen LogP contribution in [-0.2, 0) is 11.2 Å². The Labute approximate surface area is 121 Å². The van der Waals surface area contributed by atoms with Crippen molar-refractivity contribution >= 4 is 40.8 Å². The van der Waals surface area contributed by atoms with Crippen molar-refractivity contribution in [2.75, 3.05) is 23.8 Å². The number of nitrogens with zero attached hydrogens (tertiary/aromatic N) is 1. The molecule has 1 N–H and O–H groups in total. The number of hydrogen-bond acceptors (Lipinski definition) is 5. The molecule has 1 aliphatic heterocycles. The summed E-state index contributed by atoms with van der Waals surface area (Å²) in [5.74, 6) is 3.71. The van der Waals surface area contributed by atoms with Gasteiger partial charge in [-0.05, 0) is 6.92 Å². The highest BCUT2D eigenvalue weighted by Gasteiger charge is 2.17. The Hall–Kier alpha value is -0.200. The van der Waals surface area contributed by atoms with E-state index in [1.165, 1.54) is 11.5 Å². The number of carbonyl (C=O) groups is 1. The van der Waals surface area contributed by atoms with Gasteiger partial charge in [-0.15, -0.1) is 11.3 Å². The predicted octanol–water partition coefficient (Wildman–Crippen LogP) is 2.35. The number of nitrogens with one attached hydrogen (secondary N) is 1. The minimum absolute atomic E-state index is 0.182. The van der Waals surface area contributed by atoms with Gasteiger partial charge < -0.3 is 5.32 Å². The summed E-state index contributed by atoms with van der Waals surface area (Å²) in [5, 5.41) is 6.65. The molecule has 0 bridgehead atoms. The molecule has 0 aliphatic carbocycles. The largest absolute Gasteiger partial charge is 0.356 e. The van der Waals surface area contributed by atoms with Crippen molar-refractivity contribution in [2.24, 2.45) is 0 Å². The first kappa shape index (κ1) is 14.2. The molecule has 1 aromatic rings. The van der Waals surface area contributed by atoms with Crippen molar-refractivity contribution in [3.8, 4) is 0 Å². The molecule has 1 aliphatic rings. The number of aromatic nitrogens is 1. The summed E-state index contributed by atoms with van der Waals surface area (Å²) in [4.78, 5) is 16.1. The smallest absolute Gasteiger partial charge is 0.221 e. The molecule has 0 spiro atoms. The lowest BCUT2D eigenvalue weighted by Gasteiger charge is -2.20. The standard InChI is InChI=1S/C12H18N2OS3/c1-9-14-10(7-18-9)2-3-13-12(15)6-11-8-16-4-5-17-11/h7,11H,2-6,8H2,1H3,(H,13,15)/t11-/m0/s1. The lowest BCUT2D eigenvalue weighted by Crippen LogP contribution is -2.30. The monoisotopic (exact) mass is 302 g/mol. The van der Waals surface area contributed by atoms with Crippen LogP contribution < -0.4 is 5.32 Å². The van der Waals surface area contributed by atoms with Crippen molar-refractivity contribution in [1.82, 2.24) is 10.3 Å². The van der Waals surface area contributed by atoms with Gasteiger partial charge in [0.2, 0.25) is 5.91 Å². The Morgan fingerprint density at radius 1 is 1.56 bits per heavy atom. The van der Waals surface area contributed by atoms with Crippen LogP contribution >= 0.6 is 34.9 Å². The molecule has 1 saturated heterocycles. The summed E-state index contributed by atoms with van der Waals surface area (Å²) >= 11 is 5.55. The van der Waals surface area contributed by atoms with Crippen molar-refractivity contribution < 1.29 is 4.79 Å². The van der Waals surface area contributed by atoms with E-state index in [9.17, 15) is 4.79 Å². The van der Waals surface area contributed by atoms with E-state index in [4.69, 9.17) is 0 Å². The van der Waals surface area contributed by atoms with Crippen LogP contribution in [0.15, 0.2) is 5.38 Å². The van der Waals surface area contributed by atoms with E-state index < -0.39 is 0 Å². The normalized spacial score (nSPS) is 19.7. The summed E-state index contributed by atoms with van der Waals surface area (Å²) in [6.45, 7) is 2.71. The van der Waals surface area contributed by atoms with E-state index in [1.54, 1.807) is 11.3 Å². The Kier molecular flexibility index (Phi) is 5.85. The highest BCUT2D eigenvalue weighted by Crippen LogP contribution is 2.26. The molecule has 18 heavy (non-hydrogen) atoms. The lowest BCUT2D eigenvalue weighted by atomic mass is 10.3. The molecule has 0 saturated carbocycles. The molecular weight excluding hydrogens is 284 g/mol. The van der Waals surface area contributed by atoms with Gasteiger partial charge in [0.1, 0.15) is 0 Å². The summed E-state index contributed by atoms with van der Waals surface area (Å²) in [6, 6.07) is 0. The van der Waals surface area contributed by atoms with Crippen LogP contribution in [0.25, 0.3) is 0 Å². The number of amides is 1. The number of thioether (sulfide) groups is 2. The maximum Gasteiger partial charge on any atom is 0.221 e. The van der Waals surface area contributed by atoms with Gasteiger partial charge in [0.15, 0.2) is 0 Å². The first-order chi connectivity index (χ1) is 8.74. The molecule has 6 heteroatoms. The summed E-state index contributed by atoms with van der Waals surface area (Å²) in [6.07, 6.45) is 1.50. The SMILES string of the molecule is Cc1nc(CCNC(=O)C[C@H]2CSCCS2)cs1. The number of aryl methyl sites for hydroxylation is 1. The van der Waals surface area contributed by atoms with Crippen molar-refractivity contribution in [2.45, 2.75) is 25.0 Å². The van der Waals surface area contributed by atoms with Gasteiger partial charge >= 0.3 is 0 Å². The highest BCUT2D eigenvalue weighted by atomic mass is 32.2. The van der Waals surface area contributed by atoms with Crippen LogP contribution in [0.5, 0.6) is 0 Å². The Balaban J connectivity index is 1.62. The van der Waals surface area contributed by atoms with Crippen LogP contribution in [0.2, 0.25) is 0 Å². The number of thiazole rings is 1. The second kappa shape index (κ2) is 7.40. The quantitative estimate of drug-likeness (QED) is 0.906. The van der Waals surface area contributed by atoms with Crippen LogP contribution in [0, 0.1) is 6.92 Å². The van der Waals surface area contributed by atoms with Crippen LogP contribution in [0.3, 0.4) is 0 Å². The minimum Gasteiger partial charge on any atom is -0.356 e. The Morgan fingerprint density at radius 2 is 2.44 bits per heavy atom. The summed E-state index contributed by atoms with van der Waals surface area (Å²) in [7, 11) is 0. The van der Waals surface area contributed by atoms with Crippen molar-refractivity contribution in [1.29, 1.82) is 0 Å². The Morgan fingerprint density at radius 3 is 3.11 bits per heavy atom. The molecular formula is C12H18N2OS3. The maximum absolute atomic E-state index is 11.8.